The smallest absolute Gasteiger partial charge is 0.0959 e. The lowest BCUT2D eigenvalue weighted by Gasteiger charge is -2.20. The quantitative estimate of drug-likeness (QED) is 0.807. The van der Waals surface area contributed by atoms with E-state index in [0.29, 0.717) is 0 Å². The maximum absolute atomic E-state index is 4.79. The molecule has 3 heteroatoms. The molecule has 76 valence electrons. The van der Waals surface area contributed by atoms with Gasteiger partial charge in [-0.05, 0) is 38.8 Å². The van der Waals surface area contributed by atoms with E-state index in [9.17, 15) is 0 Å². The molecule has 0 bridgehead atoms. The van der Waals surface area contributed by atoms with Crippen molar-refractivity contribution in [3.63, 3.8) is 0 Å². The van der Waals surface area contributed by atoms with Crippen LogP contribution in [-0.2, 0) is 0 Å². The molecule has 0 aromatic carbocycles. The Morgan fingerprint density at radius 2 is 1.93 bits per heavy atom. The zero-order valence-electron chi connectivity index (χ0n) is 8.33. The van der Waals surface area contributed by atoms with E-state index in [1.807, 2.05) is 11.3 Å². The van der Waals surface area contributed by atoms with Crippen LogP contribution in [-0.4, -0.2) is 18.1 Å². The van der Waals surface area contributed by atoms with Crippen molar-refractivity contribution in [2.24, 2.45) is 0 Å². The largest absolute Gasteiger partial charge is 0.317 e. The average Bonchev–Trinajstić information content (AvgIpc) is 2.98. The fourth-order valence-corrected chi connectivity index (χ4v) is 3.20. The molecule has 1 saturated carbocycles. The van der Waals surface area contributed by atoms with Gasteiger partial charge in [0.15, 0.2) is 0 Å². The first-order valence-electron chi connectivity index (χ1n) is 5.59. The fraction of sp³-hybridized carbons (Fsp3) is 0.727. The molecular weight excluding hydrogens is 192 g/mol. The molecule has 2 aliphatic rings. The highest BCUT2D eigenvalue weighted by Crippen LogP contribution is 2.42. The Morgan fingerprint density at radius 1 is 1.14 bits per heavy atom. The topological polar surface area (TPSA) is 24.9 Å². The molecule has 0 atom stereocenters. The Balaban J connectivity index is 1.74. The van der Waals surface area contributed by atoms with Gasteiger partial charge in [-0.1, -0.05) is 0 Å². The van der Waals surface area contributed by atoms with Gasteiger partial charge in [0.2, 0.25) is 0 Å². The standard InChI is InChI=1S/C11H16N2S/c1-2-9(1)11-13-10(7-14-11)8-3-5-12-6-4-8/h7-9,12H,1-6H2. The third-order valence-corrected chi connectivity index (χ3v) is 4.25. The molecule has 1 saturated heterocycles. The van der Waals surface area contributed by atoms with Crippen LogP contribution < -0.4 is 5.32 Å². The van der Waals surface area contributed by atoms with Gasteiger partial charge in [0.05, 0.1) is 10.7 Å². The number of rotatable bonds is 2. The summed E-state index contributed by atoms with van der Waals surface area (Å²) in [5, 5.41) is 7.10. The summed E-state index contributed by atoms with van der Waals surface area (Å²) in [7, 11) is 0. The van der Waals surface area contributed by atoms with E-state index >= 15 is 0 Å². The Hall–Kier alpha value is -0.410. The molecule has 1 aliphatic heterocycles. The Morgan fingerprint density at radius 3 is 2.64 bits per heavy atom. The number of nitrogens with zero attached hydrogens (tertiary/aromatic N) is 1. The Kier molecular flexibility index (Phi) is 2.30. The summed E-state index contributed by atoms with van der Waals surface area (Å²) in [5.74, 6) is 1.57. The molecule has 1 aromatic heterocycles. The van der Waals surface area contributed by atoms with Gasteiger partial charge in [-0.15, -0.1) is 11.3 Å². The van der Waals surface area contributed by atoms with Crippen LogP contribution in [0.15, 0.2) is 5.38 Å². The number of aromatic nitrogens is 1. The van der Waals surface area contributed by atoms with Gasteiger partial charge in [-0.25, -0.2) is 4.98 Å². The van der Waals surface area contributed by atoms with E-state index < -0.39 is 0 Å². The van der Waals surface area contributed by atoms with Crippen molar-refractivity contribution in [1.29, 1.82) is 0 Å². The third-order valence-electron chi connectivity index (χ3n) is 3.22. The summed E-state index contributed by atoms with van der Waals surface area (Å²) < 4.78 is 0. The van der Waals surface area contributed by atoms with Gasteiger partial charge in [0.25, 0.3) is 0 Å². The minimum Gasteiger partial charge on any atom is -0.317 e. The minimum atomic E-state index is 0.736. The molecule has 3 rings (SSSR count). The van der Waals surface area contributed by atoms with E-state index in [-0.39, 0.29) is 0 Å². The van der Waals surface area contributed by atoms with Crippen molar-refractivity contribution in [2.45, 2.75) is 37.5 Å². The molecule has 2 fully saturated rings. The van der Waals surface area contributed by atoms with Crippen LogP contribution in [0.1, 0.15) is 48.2 Å². The second-order valence-electron chi connectivity index (χ2n) is 4.41. The van der Waals surface area contributed by atoms with Crippen molar-refractivity contribution in [2.75, 3.05) is 13.1 Å². The number of hydrogen-bond donors (Lipinski definition) is 1. The van der Waals surface area contributed by atoms with E-state index in [1.54, 1.807) is 0 Å². The van der Waals surface area contributed by atoms with Crippen molar-refractivity contribution >= 4 is 11.3 Å². The van der Waals surface area contributed by atoms with Crippen LogP contribution in [0.5, 0.6) is 0 Å². The molecule has 0 spiro atoms. The van der Waals surface area contributed by atoms with Crippen LogP contribution in [0, 0.1) is 0 Å². The second-order valence-corrected chi connectivity index (χ2v) is 5.30. The average molecular weight is 208 g/mol. The fourth-order valence-electron chi connectivity index (χ4n) is 2.12. The van der Waals surface area contributed by atoms with Crippen LogP contribution in [0.25, 0.3) is 0 Å². The number of thiazole rings is 1. The summed E-state index contributed by atoms with van der Waals surface area (Å²) in [6.07, 6.45) is 5.29. The molecule has 1 aliphatic carbocycles. The van der Waals surface area contributed by atoms with Gasteiger partial charge < -0.3 is 5.32 Å². The maximum atomic E-state index is 4.79. The summed E-state index contributed by atoms with van der Waals surface area (Å²) in [6, 6.07) is 0. The zero-order chi connectivity index (χ0) is 9.38. The monoisotopic (exact) mass is 208 g/mol. The molecule has 0 amide bonds. The lowest BCUT2D eigenvalue weighted by molar-refractivity contribution is 0.454. The van der Waals surface area contributed by atoms with Crippen molar-refractivity contribution < 1.29 is 0 Å². The Labute approximate surface area is 88.7 Å². The Bertz CT molecular complexity index is 311. The molecule has 2 nitrogen and oxygen atoms in total. The van der Waals surface area contributed by atoms with Gasteiger partial charge in [0.1, 0.15) is 0 Å². The number of hydrogen-bond acceptors (Lipinski definition) is 3. The van der Waals surface area contributed by atoms with Crippen LogP contribution in [0.4, 0.5) is 0 Å². The van der Waals surface area contributed by atoms with Gasteiger partial charge >= 0.3 is 0 Å². The maximum Gasteiger partial charge on any atom is 0.0959 e. The van der Waals surface area contributed by atoms with Crippen molar-refractivity contribution in [3.05, 3.63) is 16.1 Å². The summed E-state index contributed by atoms with van der Waals surface area (Å²) >= 11 is 1.88. The highest BCUT2D eigenvalue weighted by atomic mass is 32.1. The molecule has 1 N–H and O–H groups in total. The van der Waals surface area contributed by atoms with Gasteiger partial charge in [-0.3, -0.25) is 0 Å². The number of nitrogens with one attached hydrogen (secondary N) is 1. The SMILES string of the molecule is c1sc(C2CC2)nc1C1CCNCC1. The minimum absolute atomic E-state index is 0.736. The number of piperidine rings is 1. The molecule has 2 heterocycles. The van der Waals surface area contributed by atoms with Crippen LogP contribution in [0.3, 0.4) is 0 Å². The first-order chi connectivity index (χ1) is 6.93. The highest BCUT2D eigenvalue weighted by molar-refractivity contribution is 7.09. The first kappa shape index (κ1) is 8.86. The molecule has 14 heavy (non-hydrogen) atoms. The molecule has 0 unspecified atom stereocenters. The van der Waals surface area contributed by atoms with E-state index in [4.69, 9.17) is 4.98 Å². The summed E-state index contributed by atoms with van der Waals surface area (Å²) in [4.78, 5) is 4.79. The van der Waals surface area contributed by atoms with E-state index in [1.165, 1.54) is 49.5 Å². The van der Waals surface area contributed by atoms with Crippen molar-refractivity contribution in [3.8, 4) is 0 Å². The third kappa shape index (κ3) is 1.71. The predicted molar refractivity (Wildman–Crippen MR) is 58.9 cm³/mol. The highest BCUT2D eigenvalue weighted by Gasteiger charge is 2.28. The van der Waals surface area contributed by atoms with E-state index in [2.05, 4.69) is 10.7 Å². The summed E-state index contributed by atoms with van der Waals surface area (Å²) in [5.41, 5.74) is 1.37. The first-order valence-corrected chi connectivity index (χ1v) is 6.47. The normalized spacial score (nSPS) is 24.0. The van der Waals surface area contributed by atoms with E-state index in [0.717, 1.165) is 11.8 Å². The van der Waals surface area contributed by atoms with Crippen molar-refractivity contribution in [1.82, 2.24) is 10.3 Å². The zero-order valence-corrected chi connectivity index (χ0v) is 9.15. The van der Waals surface area contributed by atoms with Gasteiger partial charge in [-0.2, -0.15) is 0 Å². The van der Waals surface area contributed by atoms with Gasteiger partial charge in [0, 0.05) is 17.2 Å². The lowest BCUT2D eigenvalue weighted by Crippen LogP contribution is -2.26. The lowest BCUT2D eigenvalue weighted by atomic mass is 9.95. The summed E-state index contributed by atoms with van der Waals surface area (Å²) in [6.45, 7) is 2.34. The van der Waals surface area contributed by atoms with Crippen LogP contribution >= 0.6 is 11.3 Å². The second kappa shape index (κ2) is 3.63. The van der Waals surface area contributed by atoms with Crippen LogP contribution in [0.2, 0.25) is 0 Å². The molecule has 1 aromatic rings. The molecule has 0 radical (unpaired) electrons. The predicted octanol–water partition coefficient (Wildman–Crippen LogP) is 2.49. The molecular formula is C11H16N2S.